The predicted molar refractivity (Wildman–Crippen MR) is 66.0 cm³/mol. The van der Waals surface area contributed by atoms with Gasteiger partial charge in [-0.3, -0.25) is 9.89 Å². The van der Waals surface area contributed by atoms with Crippen LogP contribution in [-0.4, -0.2) is 46.7 Å². The molecule has 17 heavy (non-hydrogen) atoms. The number of nitrogens with zero attached hydrogens (tertiary/aromatic N) is 2. The van der Waals surface area contributed by atoms with Gasteiger partial charge in [0.1, 0.15) is 0 Å². The summed E-state index contributed by atoms with van der Waals surface area (Å²) < 4.78 is 0. The van der Waals surface area contributed by atoms with Gasteiger partial charge in [-0.15, -0.1) is 12.4 Å². The van der Waals surface area contributed by atoms with Crippen LogP contribution < -0.4 is 5.32 Å². The van der Waals surface area contributed by atoms with Crippen LogP contribution in [0.3, 0.4) is 0 Å². The normalized spacial score (nSPS) is 26.7. The summed E-state index contributed by atoms with van der Waals surface area (Å²) in [5, 5.41) is 10.1. The van der Waals surface area contributed by atoms with E-state index in [-0.39, 0.29) is 18.3 Å². The molecule has 94 valence electrons. The third kappa shape index (κ3) is 2.45. The quantitative estimate of drug-likeness (QED) is 0.795. The molecule has 2 aliphatic heterocycles. The summed E-state index contributed by atoms with van der Waals surface area (Å²) in [5.41, 5.74) is 0.898. The number of rotatable bonds is 2. The first-order valence-electron chi connectivity index (χ1n) is 5.82. The number of hydrogen-bond donors (Lipinski definition) is 2. The van der Waals surface area contributed by atoms with Gasteiger partial charge in [0, 0.05) is 31.0 Å². The third-order valence-corrected chi connectivity index (χ3v) is 3.62. The number of fused-ring (bicyclic) bond motifs is 1. The molecule has 0 unspecified atom stereocenters. The van der Waals surface area contributed by atoms with E-state index in [9.17, 15) is 4.79 Å². The van der Waals surface area contributed by atoms with Crippen molar-refractivity contribution in [3.05, 3.63) is 18.0 Å². The highest BCUT2D eigenvalue weighted by Gasteiger charge is 2.37. The smallest absolute Gasteiger partial charge is 0.228 e. The van der Waals surface area contributed by atoms with Crippen molar-refractivity contribution in [2.45, 2.75) is 18.9 Å². The predicted octanol–water partition coefficient (Wildman–Crippen LogP) is 0.194. The molecule has 2 fully saturated rings. The van der Waals surface area contributed by atoms with Crippen LogP contribution in [0.25, 0.3) is 0 Å². The van der Waals surface area contributed by atoms with Gasteiger partial charge in [0.05, 0.1) is 6.42 Å². The lowest BCUT2D eigenvalue weighted by atomic mass is 10.1. The lowest BCUT2D eigenvalue weighted by Crippen LogP contribution is -2.34. The second kappa shape index (κ2) is 5.06. The monoisotopic (exact) mass is 256 g/mol. The summed E-state index contributed by atoms with van der Waals surface area (Å²) in [5.74, 6) is 0.881. The van der Waals surface area contributed by atoms with E-state index in [1.807, 2.05) is 11.0 Å². The van der Waals surface area contributed by atoms with Gasteiger partial charge in [0.25, 0.3) is 0 Å². The van der Waals surface area contributed by atoms with Gasteiger partial charge >= 0.3 is 0 Å². The van der Waals surface area contributed by atoms with Crippen molar-refractivity contribution in [1.82, 2.24) is 20.4 Å². The van der Waals surface area contributed by atoms with Crippen LogP contribution in [-0.2, 0) is 11.2 Å². The van der Waals surface area contributed by atoms with Crippen molar-refractivity contribution >= 4 is 18.3 Å². The number of nitrogens with one attached hydrogen (secondary N) is 2. The molecule has 0 aliphatic carbocycles. The van der Waals surface area contributed by atoms with E-state index in [1.54, 1.807) is 6.20 Å². The fourth-order valence-electron chi connectivity index (χ4n) is 2.71. The van der Waals surface area contributed by atoms with Gasteiger partial charge < -0.3 is 10.2 Å². The highest BCUT2D eigenvalue weighted by molar-refractivity contribution is 5.85. The number of hydrogen-bond acceptors (Lipinski definition) is 3. The second-order valence-electron chi connectivity index (χ2n) is 4.67. The molecule has 0 saturated carbocycles. The molecule has 2 atom stereocenters. The lowest BCUT2D eigenvalue weighted by molar-refractivity contribution is -0.129. The summed E-state index contributed by atoms with van der Waals surface area (Å²) in [4.78, 5) is 14.0. The van der Waals surface area contributed by atoms with Gasteiger partial charge in [0.2, 0.25) is 5.91 Å². The van der Waals surface area contributed by atoms with E-state index in [4.69, 9.17) is 0 Å². The molecule has 0 radical (unpaired) electrons. The Kier molecular flexibility index (Phi) is 3.69. The molecule has 1 amide bonds. The van der Waals surface area contributed by atoms with Crippen molar-refractivity contribution in [3.8, 4) is 0 Å². The minimum atomic E-state index is 0. The first kappa shape index (κ1) is 12.4. The number of aromatic nitrogens is 2. The number of likely N-dealkylation sites (tertiary alicyclic amines) is 1. The molecular weight excluding hydrogens is 240 g/mol. The molecule has 0 bridgehead atoms. The molecule has 6 heteroatoms. The van der Waals surface area contributed by atoms with Crippen molar-refractivity contribution in [1.29, 1.82) is 0 Å². The number of H-pyrrole nitrogens is 1. The van der Waals surface area contributed by atoms with E-state index in [1.165, 1.54) is 6.42 Å². The van der Waals surface area contributed by atoms with E-state index >= 15 is 0 Å². The molecule has 2 saturated heterocycles. The molecule has 2 N–H and O–H groups in total. The zero-order valence-electron chi connectivity index (χ0n) is 9.56. The minimum absolute atomic E-state index is 0. The first-order chi connectivity index (χ1) is 7.83. The van der Waals surface area contributed by atoms with E-state index in [0.29, 0.717) is 18.4 Å². The molecule has 0 aromatic carbocycles. The molecule has 5 nitrogen and oxygen atoms in total. The van der Waals surface area contributed by atoms with Crippen molar-refractivity contribution in [2.75, 3.05) is 19.6 Å². The summed E-state index contributed by atoms with van der Waals surface area (Å²) >= 11 is 0. The summed E-state index contributed by atoms with van der Waals surface area (Å²) in [6.07, 6.45) is 3.33. The fourth-order valence-corrected chi connectivity index (χ4v) is 2.71. The number of carbonyl (C=O) groups excluding carboxylic acids is 1. The van der Waals surface area contributed by atoms with E-state index in [0.717, 1.165) is 25.3 Å². The molecule has 3 heterocycles. The first-order valence-corrected chi connectivity index (χ1v) is 5.82. The maximum absolute atomic E-state index is 12.0. The van der Waals surface area contributed by atoms with Crippen LogP contribution in [0, 0.1) is 5.92 Å². The average molecular weight is 257 g/mol. The van der Waals surface area contributed by atoms with Crippen molar-refractivity contribution < 1.29 is 4.79 Å². The van der Waals surface area contributed by atoms with Crippen LogP contribution in [0.2, 0.25) is 0 Å². The van der Waals surface area contributed by atoms with Gasteiger partial charge in [-0.25, -0.2) is 0 Å². The van der Waals surface area contributed by atoms with Crippen LogP contribution in [0.1, 0.15) is 12.1 Å². The Morgan fingerprint density at radius 3 is 3.12 bits per heavy atom. The van der Waals surface area contributed by atoms with Crippen LogP contribution in [0.5, 0.6) is 0 Å². The zero-order chi connectivity index (χ0) is 11.0. The number of amides is 1. The second-order valence-corrected chi connectivity index (χ2v) is 4.67. The molecule has 1 aromatic heterocycles. The molecular formula is C11H17ClN4O. The summed E-state index contributed by atoms with van der Waals surface area (Å²) in [6, 6.07) is 2.39. The largest absolute Gasteiger partial charge is 0.340 e. The Morgan fingerprint density at radius 1 is 1.53 bits per heavy atom. The summed E-state index contributed by atoms with van der Waals surface area (Å²) in [6.45, 7) is 2.90. The SMILES string of the molecule is Cl.O=C(Cc1ccn[nH]1)N1C[C@@H]2CCN[C@@H]2C1. The van der Waals surface area contributed by atoms with E-state index < -0.39 is 0 Å². The Hall–Kier alpha value is -1.07. The highest BCUT2D eigenvalue weighted by atomic mass is 35.5. The summed E-state index contributed by atoms with van der Waals surface area (Å²) in [7, 11) is 0. The highest BCUT2D eigenvalue weighted by Crippen LogP contribution is 2.24. The minimum Gasteiger partial charge on any atom is -0.340 e. The Labute approximate surface area is 106 Å². The van der Waals surface area contributed by atoms with Crippen LogP contribution in [0.15, 0.2) is 12.3 Å². The third-order valence-electron chi connectivity index (χ3n) is 3.62. The Balaban J connectivity index is 0.00000108. The van der Waals surface area contributed by atoms with Gasteiger partial charge in [0.15, 0.2) is 0 Å². The van der Waals surface area contributed by atoms with Gasteiger partial charge in [-0.2, -0.15) is 5.10 Å². The van der Waals surface area contributed by atoms with Crippen molar-refractivity contribution in [2.24, 2.45) is 5.92 Å². The molecule has 2 aliphatic rings. The standard InChI is InChI=1S/C11H16N4O.ClH/c16-11(5-9-2-4-13-14-9)15-6-8-1-3-12-10(8)7-15;/h2,4,8,10,12H,1,3,5-7H2,(H,13,14);1H/t8-,10+;/m0./s1. The lowest BCUT2D eigenvalue weighted by Gasteiger charge is -2.16. The Bertz CT molecular complexity index is 369. The number of aromatic amines is 1. The maximum Gasteiger partial charge on any atom is 0.228 e. The van der Waals surface area contributed by atoms with E-state index in [2.05, 4.69) is 15.5 Å². The maximum atomic E-state index is 12.0. The van der Waals surface area contributed by atoms with Crippen LogP contribution in [0.4, 0.5) is 0 Å². The number of carbonyl (C=O) groups is 1. The number of halogens is 1. The Morgan fingerprint density at radius 2 is 2.41 bits per heavy atom. The molecule has 1 aromatic rings. The van der Waals surface area contributed by atoms with Crippen molar-refractivity contribution in [3.63, 3.8) is 0 Å². The average Bonchev–Trinajstić information content (AvgIpc) is 2.91. The molecule has 0 spiro atoms. The van der Waals surface area contributed by atoms with Gasteiger partial charge in [-0.05, 0) is 24.9 Å². The molecule has 3 rings (SSSR count). The topological polar surface area (TPSA) is 61.0 Å². The van der Waals surface area contributed by atoms with Gasteiger partial charge in [-0.1, -0.05) is 0 Å². The van der Waals surface area contributed by atoms with Crippen LogP contribution >= 0.6 is 12.4 Å². The zero-order valence-corrected chi connectivity index (χ0v) is 10.4. The fraction of sp³-hybridized carbons (Fsp3) is 0.636.